The summed E-state index contributed by atoms with van der Waals surface area (Å²) in [5, 5.41) is 7.83. The third kappa shape index (κ3) is 3.15. The zero-order valence-electron chi connectivity index (χ0n) is 11.7. The van der Waals surface area contributed by atoms with Crippen molar-refractivity contribution in [3.8, 4) is 0 Å². The van der Waals surface area contributed by atoms with Gasteiger partial charge < -0.3 is 5.32 Å². The second-order valence-corrected chi connectivity index (χ2v) is 6.44. The highest BCUT2D eigenvalue weighted by atomic mass is 79.9. The van der Waals surface area contributed by atoms with E-state index in [4.69, 9.17) is 4.98 Å². The third-order valence-electron chi connectivity index (χ3n) is 3.31. The number of benzene rings is 1. The van der Waals surface area contributed by atoms with Gasteiger partial charge >= 0.3 is 0 Å². The lowest BCUT2D eigenvalue weighted by Gasteiger charge is -2.18. The van der Waals surface area contributed by atoms with Crippen molar-refractivity contribution in [1.82, 2.24) is 15.3 Å². The lowest BCUT2D eigenvalue weighted by Crippen LogP contribution is -2.24. The van der Waals surface area contributed by atoms with Gasteiger partial charge in [0.05, 0.1) is 29.0 Å². The van der Waals surface area contributed by atoms with E-state index in [0.29, 0.717) is 0 Å². The summed E-state index contributed by atoms with van der Waals surface area (Å²) in [5.41, 5.74) is 4.05. The Kier molecular flexibility index (Phi) is 4.63. The Balaban J connectivity index is 2.03. The van der Waals surface area contributed by atoms with Crippen molar-refractivity contribution in [2.24, 2.45) is 0 Å². The van der Waals surface area contributed by atoms with Gasteiger partial charge in [-0.1, -0.05) is 19.1 Å². The first-order valence-corrected chi connectivity index (χ1v) is 8.70. The Labute approximate surface area is 136 Å². The number of halogens is 1. The second-order valence-electron chi connectivity index (χ2n) is 4.85. The average molecular weight is 362 g/mol. The molecule has 0 amide bonds. The van der Waals surface area contributed by atoms with Gasteiger partial charge in [-0.2, -0.15) is 11.3 Å². The molecule has 2 heterocycles. The minimum atomic E-state index is 0.0719. The first kappa shape index (κ1) is 14.6. The van der Waals surface area contributed by atoms with Crippen LogP contribution in [-0.4, -0.2) is 16.5 Å². The fourth-order valence-corrected chi connectivity index (χ4v) is 3.82. The average Bonchev–Trinajstić information content (AvgIpc) is 2.94. The Morgan fingerprint density at radius 2 is 2.05 bits per heavy atom. The quantitative estimate of drug-likeness (QED) is 0.724. The van der Waals surface area contributed by atoms with Gasteiger partial charge in [0.2, 0.25) is 0 Å². The molecular formula is C16H16BrN3S. The predicted octanol–water partition coefficient (Wildman–Crippen LogP) is 4.54. The summed E-state index contributed by atoms with van der Waals surface area (Å²) in [4.78, 5) is 9.32. The molecule has 21 heavy (non-hydrogen) atoms. The Morgan fingerprint density at radius 3 is 2.76 bits per heavy atom. The zero-order chi connectivity index (χ0) is 14.7. The van der Waals surface area contributed by atoms with Crippen LogP contribution < -0.4 is 5.32 Å². The molecule has 1 unspecified atom stereocenters. The van der Waals surface area contributed by atoms with Crippen LogP contribution in [0.1, 0.15) is 30.6 Å². The number of fused-ring (bicyclic) bond motifs is 1. The number of hydrogen-bond donors (Lipinski definition) is 1. The van der Waals surface area contributed by atoms with E-state index in [1.807, 2.05) is 30.5 Å². The first-order chi connectivity index (χ1) is 10.3. The SMILES string of the molecule is CCCNC(c1cnc2ccccc2n1)c1cscc1Br. The molecule has 2 aromatic heterocycles. The van der Waals surface area contributed by atoms with Gasteiger partial charge in [-0.3, -0.25) is 4.98 Å². The van der Waals surface area contributed by atoms with E-state index in [2.05, 4.69) is 43.9 Å². The van der Waals surface area contributed by atoms with E-state index in [1.165, 1.54) is 5.56 Å². The second kappa shape index (κ2) is 6.64. The number of hydrogen-bond acceptors (Lipinski definition) is 4. The van der Waals surface area contributed by atoms with Gasteiger partial charge in [0.15, 0.2) is 0 Å². The molecule has 0 fully saturated rings. The molecule has 0 saturated carbocycles. The highest BCUT2D eigenvalue weighted by Crippen LogP contribution is 2.31. The number of thiophene rings is 1. The topological polar surface area (TPSA) is 37.8 Å². The molecule has 0 aliphatic heterocycles. The van der Waals surface area contributed by atoms with Crippen LogP contribution in [0.3, 0.4) is 0 Å². The highest BCUT2D eigenvalue weighted by molar-refractivity contribution is 9.10. The van der Waals surface area contributed by atoms with E-state index in [-0.39, 0.29) is 6.04 Å². The number of nitrogens with zero attached hydrogens (tertiary/aromatic N) is 2. The van der Waals surface area contributed by atoms with Crippen molar-refractivity contribution in [2.75, 3.05) is 6.54 Å². The number of nitrogens with one attached hydrogen (secondary N) is 1. The monoisotopic (exact) mass is 361 g/mol. The summed E-state index contributed by atoms with van der Waals surface area (Å²) in [6.07, 6.45) is 2.96. The molecule has 0 spiro atoms. The summed E-state index contributed by atoms with van der Waals surface area (Å²) in [6.45, 7) is 3.11. The molecule has 0 aliphatic carbocycles. The summed E-state index contributed by atoms with van der Waals surface area (Å²) >= 11 is 5.32. The van der Waals surface area contributed by atoms with Crippen LogP contribution in [0.4, 0.5) is 0 Å². The first-order valence-electron chi connectivity index (χ1n) is 6.96. The maximum absolute atomic E-state index is 4.78. The van der Waals surface area contributed by atoms with E-state index in [0.717, 1.165) is 34.2 Å². The molecular weight excluding hydrogens is 346 g/mol. The highest BCUT2D eigenvalue weighted by Gasteiger charge is 2.19. The lowest BCUT2D eigenvalue weighted by atomic mass is 10.1. The normalized spacial score (nSPS) is 12.7. The van der Waals surface area contributed by atoms with Crippen LogP contribution >= 0.6 is 27.3 Å². The van der Waals surface area contributed by atoms with Gasteiger partial charge in [-0.15, -0.1) is 0 Å². The van der Waals surface area contributed by atoms with Gasteiger partial charge in [0.25, 0.3) is 0 Å². The maximum Gasteiger partial charge on any atom is 0.0890 e. The summed E-state index contributed by atoms with van der Waals surface area (Å²) in [7, 11) is 0. The van der Waals surface area contributed by atoms with Gasteiger partial charge in [-0.05, 0) is 46.4 Å². The summed E-state index contributed by atoms with van der Waals surface area (Å²) in [5.74, 6) is 0. The van der Waals surface area contributed by atoms with Crippen LogP contribution in [0, 0.1) is 0 Å². The van der Waals surface area contributed by atoms with E-state index in [1.54, 1.807) is 11.3 Å². The molecule has 3 rings (SSSR count). The van der Waals surface area contributed by atoms with E-state index >= 15 is 0 Å². The van der Waals surface area contributed by atoms with Crippen LogP contribution in [0.5, 0.6) is 0 Å². The summed E-state index contributed by atoms with van der Waals surface area (Å²) < 4.78 is 1.12. The van der Waals surface area contributed by atoms with E-state index in [9.17, 15) is 0 Å². The number of para-hydroxylation sites is 2. The minimum absolute atomic E-state index is 0.0719. The Morgan fingerprint density at radius 1 is 1.24 bits per heavy atom. The predicted molar refractivity (Wildman–Crippen MR) is 91.7 cm³/mol. The third-order valence-corrected chi connectivity index (χ3v) is 5.07. The van der Waals surface area contributed by atoms with E-state index < -0.39 is 0 Å². The van der Waals surface area contributed by atoms with Crippen LogP contribution in [0.25, 0.3) is 11.0 Å². The molecule has 3 aromatic rings. The van der Waals surface area contributed by atoms with Crippen LogP contribution in [-0.2, 0) is 0 Å². The molecule has 0 saturated heterocycles. The standard InChI is InChI=1S/C16H16BrN3S/c1-2-7-18-16(11-9-21-10-12(11)17)15-8-19-13-5-3-4-6-14(13)20-15/h3-6,8-10,16,18H,2,7H2,1H3. The Bertz CT molecular complexity index is 741. The lowest BCUT2D eigenvalue weighted by molar-refractivity contribution is 0.586. The summed E-state index contributed by atoms with van der Waals surface area (Å²) in [6, 6.07) is 8.05. The molecule has 1 atom stereocenters. The molecule has 1 N–H and O–H groups in total. The smallest absolute Gasteiger partial charge is 0.0890 e. The fourth-order valence-electron chi connectivity index (χ4n) is 2.27. The Hall–Kier alpha value is -1.30. The fraction of sp³-hybridized carbons (Fsp3) is 0.250. The van der Waals surface area contributed by atoms with Crippen LogP contribution in [0.15, 0.2) is 45.7 Å². The zero-order valence-corrected chi connectivity index (χ0v) is 14.1. The van der Waals surface area contributed by atoms with Crippen molar-refractivity contribution in [3.05, 3.63) is 57.0 Å². The van der Waals surface area contributed by atoms with Crippen molar-refractivity contribution in [1.29, 1.82) is 0 Å². The molecule has 1 aromatic carbocycles. The minimum Gasteiger partial charge on any atom is -0.305 e. The van der Waals surface area contributed by atoms with Crippen LogP contribution in [0.2, 0.25) is 0 Å². The van der Waals surface area contributed by atoms with Gasteiger partial charge in [-0.25, -0.2) is 4.98 Å². The molecule has 0 radical (unpaired) electrons. The van der Waals surface area contributed by atoms with Crippen molar-refractivity contribution < 1.29 is 0 Å². The molecule has 108 valence electrons. The van der Waals surface area contributed by atoms with Crippen molar-refractivity contribution in [2.45, 2.75) is 19.4 Å². The molecule has 5 heteroatoms. The molecule has 3 nitrogen and oxygen atoms in total. The largest absolute Gasteiger partial charge is 0.305 e. The van der Waals surface area contributed by atoms with Crippen molar-refractivity contribution >= 4 is 38.3 Å². The maximum atomic E-state index is 4.78. The number of rotatable bonds is 5. The van der Waals surface area contributed by atoms with Crippen molar-refractivity contribution in [3.63, 3.8) is 0 Å². The number of aromatic nitrogens is 2. The van der Waals surface area contributed by atoms with Gasteiger partial charge in [0, 0.05) is 15.4 Å². The molecule has 0 bridgehead atoms. The van der Waals surface area contributed by atoms with Gasteiger partial charge in [0.1, 0.15) is 0 Å². The molecule has 0 aliphatic rings.